The van der Waals surface area contributed by atoms with Crippen LogP contribution in [0.2, 0.25) is 4.34 Å². The van der Waals surface area contributed by atoms with Crippen molar-refractivity contribution in [3.63, 3.8) is 0 Å². The van der Waals surface area contributed by atoms with Crippen LogP contribution in [0.15, 0.2) is 55.1 Å². The molecule has 0 spiro atoms. The summed E-state index contributed by atoms with van der Waals surface area (Å²) in [5, 5.41) is 0. The Balaban J connectivity index is 1.93. The minimum atomic E-state index is 0.0906. The molecule has 0 saturated carbocycles. The van der Waals surface area contributed by atoms with Gasteiger partial charge in [-0.05, 0) is 24.7 Å². The lowest BCUT2D eigenvalue weighted by Crippen LogP contribution is -2.38. The molecule has 0 aliphatic rings. The van der Waals surface area contributed by atoms with Crippen LogP contribution in [-0.4, -0.2) is 35.8 Å². The molecule has 1 aromatic heterocycles. The monoisotopic (exact) mass is 348 g/mol. The van der Waals surface area contributed by atoms with Gasteiger partial charge in [-0.2, -0.15) is 0 Å². The number of amides is 1. The Hall–Kier alpha value is -1.62. The Morgan fingerprint density at radius 3 is 2.57 bits per heavy atom. The predicted octanol–water partition coefficient (Wildman–Crippen LogP) is 4.05. The third-order valence-electron chi connectivity index (χ3n) is 3.38. The number of rotatable bonds is 8. The fourth-order valence-electron chi connectivity index (χ4n) is 2.32. The van der Waals surface area contributed by atoms with Crippen molar-refractivity contribution in [2.24, 2.45) is 0 Å². The van der Waals surface area contributed by atoms with E-state index in [0.717, 1.165) is 15.8 Å². The number of benzene rings is 1. The second-order valence-corrected chi connectivity index (χ2v) is 7.23. The zero-order valence-corrected chi connectivity index (χ0v) is 14.8. The molecule has 0 fully saturated rings. The van der Waals surface area contributed by atoms with Crippen LogP contribution in [0.5, 0.6) is 0 Å². The standard InChI is InChI=1S/C18H21ClN2OS/c1-3-11-21(13-16-9-10-17(19)23-16)18(22)14-20(2)12-15-7-5-4-6-8-15/h3-10H,1,11-14H2,2H3. The van der Waals surface area contributed by atoms with Crippen LogP contribution in [0.25, 0.3) is 0 Å². The molecule has 0 saturated heterocycles. The summed E-state index contributed by atoms with van der Waals surface area (Å²) in [7, 11) is 1.96. The van der Waals surface area contributed by atoms with E-state index in [1.165, 1.54) is 16.9 Å². The zero-order valence-electron chi connectivity index (χ0n) is 13.2. The molecule has 0 aliphatic carbocycles. The quantitative estimate of drug-likeness (QED) is 0.672. The summed E-state index contributed by atoms with van der Waals surface area (Å²) in [5.41, 5.74) is 1.20. The first-order valence-electron chi connectivity index (χ1n) is 7.44. The molecule has 0 radical (unpaired) electrons. The van der Waals surface area contributed by atoms with Gasteiger partial charge in [-0.15, -0.1) is 17.9 Å². The van der Waals surface area contributed by atoms with Crippen molar-refractivity contribution in [3.05, 3.63) is 69.9 Å². The number of nitrogens with zero attached hydrogens (tertiary/aromatic N) is 2. The smallest absolute Gasteiger partial charge is 0.237 e. The molecule has 0 unspecified atom stereocenters. The second kappa shape index (κ2) is 8.87. The van der Waals surface area contributed by atoms with Crippen LogP contribution in [0.1, 0.15) is 10.4 Å². The SMILES string of the molecule is C=CCN(Cc1ccc(Cl)s1)C(=O)CN(C)Cc1ccccc1. The molecule has 0 bridgehead atoms. The van der Waals surface area contributed by atoms with Gasteiger partial charge in [0.1, 0.15) is 0 Å². The molecule has 1 aromatic carbocycles. The van der Waals surface area contributed by atoms with Crippen molar-refractivity contribution in [2.75, 3.05) is 20.1 Å². The molecule has 2 aromatic rings. The first-order valence-corrected chi connectivity index (χ1v) is 8.63. The van der Waals surface area contributed by atoms with E-state index in [2.05, 4.69) is 18.7 Å². The number of hydrogen-bond acceptors (Lipinski definition) is 3. The van der Waals surface area contributed by atoms with E-state index in [1.54, 1.807) is 11.0 Å². The molecule has 0 aliphatic heterocycles. The zero-order chi connectivity index (χ0) is 16.7. The van der Waals surface area contributed by atoms with Gasteiger partial charge in [0.2, 0.25) is 5.91 Å². The maximum Gasteiger partial charge on any atom is 0.237 e. The third kappa shape index (κ3) is 5.82. The fraction of sp³-hybridized carbons (Fsp3) is 0.278. The molecule has 1 amide bonds. The van der Waals surface area contributed by atoms with Gasteiger partial charge in [-0.3, -0.25) is 9.69 Å². The highest BCUT2D eigenvalue weighted by molar-refractivity contribution is 7.16. The van der Waals surface area contributed by atoms with Crippen LogP contribution >= 0.6 is 22.9 Å². The molecule has 23 heavy (non-hydrogen) atoms. The summed E-state index contributed by atoms with van der Waals surface area (Å²) in [6, 6.07) is 14.0. The number of halogens is 1. The first-order chi connectivity index (χ1) is 11.1. The highest BCUT2D eigenvalue weighted by Crippen LogP contribution is 2.22. The highest BCUT2D eigenvalue weighted by Gasteiger charge is 2.16. The van der Waals surface area contributed by atoms with E-state index in [4.69, 9.17) is 11.6 Å². The Labute approximate surface area is 146 Å². The molecule has 0 N–H and O–H groups in total. The van der Waals surface area contributed by atoms with Gasteiger partial charge >= 0.3 is 0 Å². The minimum Gasteiger partial charge on any atom is -0.333 e. The van der Waals surface area contributed by atoms with Crippen LogP contribution in [-0.2, 0) is 17.9 Å². The summed E-state index contributed by atoms with van der Waals surface area (Å²) in [6.07, 6.45) is 1.75. The van der Waals surface area contributed by atoms with Gasteiger partial charge in [0, 0.05) is 18.0 Å². The maximum absolute atomic E-state index is 12.6. The Morgan fingerprint density at radius 1 is 1.22 bits per heavy atom. The molecule has 1 heterocycles. The molecular formula is C18H21ClN2OS. The van der Waals surface area contributed by atoms with Gasteiger partial charge < -0.3 is 4.90 Å². The topological polar surface area (TPSA) is 23.6 Å². The number of carbonyl (C=O) groups excluding carboxylic acids is 1. The lowest BCUT2D eigenvalue weighted by molar-refractivity contribution is -0.132. The van der Waals surface area contributed by atoms with Crippen molar-refractivity contribution < 1.29 is 4.79 Å². The summed E-state index contributed by atoms with van der Waals surface area (Å²) in [5.74, 6) is 0.0906. The minimum absolute atomic E-state index is 0.0906. The van der Waals surface area contributed by atoms with Gasteiger partial charge in [-0.1, -0.05) is 48.0 Å². The number of thiophene rings is 1. The van der Waals surface area contributed by atoms with Crippen molar-refractivity contribution in [1.29, 1.82) is 0 Å². The number of likely N-dealkylation sites (N-methyl/N-ethyl adjacent to an activating group) is 1. The van der Waals surface area contributed by atoms with Gasteiger partial charge in [-0.25, -0.2) is 0 Å². The number of hydrogen-bond donors (Lipinski definition) is 0. The maximum atomic E-state index is 12.6. The van der Waals surface area contributed by atoms with Gasteiger partial charge in [0.15, 0.2) is 0 Å². The van der Waals surface area contributed by atoms with E-state index in [-0.39, 0.29) is 5.91 Å². The molecule has 3 nitrogen and oxygen atoms in total. The summed E-state index contributed by atoms with van der Waals surface area (Å²) >= 11 is 7.47. The van der Waals surface area contributed by atoms with Crippen LogP contribution in [0, 0.1) is 0 Å². The Bertz CT molecular complexity index is 641. The lowest BCUT2D eigenvalue weighted by atomic mass is 10.2. The van der Waals surface area contributed by atoms with E-state index in [9.17, 15) is 4.79 Å². The average Bonchev–Trinajstić information content (AvgIpc) is 2.93. The van der Waals surface area contributed by atoms with Crippen LogP contribution in [0.3, 0.4) is 0 Å². The second-order valence-electron chi connectivity index (χ2n) is 5.43. The van der Waals surface area contributed by atoms with Crippen molar-refractivity contribution in [1.82, 2.24) is 9.80 Å². The summed E-state index contributed by atoms with van der Waals surface area (Å²) < 4.78 is 0.743. The molecule has 5 heteroatoms. The Morgan fingerprint density at radius 2 is 1.96 bits per heavy atom. The average molecular weight is 349 g/mol. The largest absolute Gasteiger partial charge is 0.333 e. The molecule has 122 valence electrons. The molecular weight excluding hydrogens is 328 g/mol. The van der Waals surface area contributed by atoms with Crippen molar-refractivity contribution >= 4 is 28.8 Å². The van der Waals surface area contributed by atoms with E-state index in [0.29, 0.717) is 19.6 Å². The lowest BCUT2D eigenvalue weighted by Gasteiger charge is -2.24. The third-order valence-corrected chi connectivity index (χ3v) is 4.59. The summed E-state index contributed by atoms with van der Waals surface area (Å²) in [6.45, 7) is 5.98. The van der Waals surface area contributed by atoms with E-state index >= 15 is 0 Å². The Kier molecular flexibility index (Phi) is 6.84. The first kappa shape index (κ1) is 17.7. The number of carbonyl (C=O) groups is 1. The van der Waals surface area contributed by atoms with Crippen LogP contribution in [0.4, 0.5) is 0 Å². The van der Waals surface area contributed by atoms with E-state index in [1.807, 2.05) is 42.3 Å². The van der Waals surface area contributed by atoms with E-state index < -0.39 is 0 Å². The fourth-order valence-corrected chi connectivity index (χ4v) is 3.42. The van der Waals surface area contributed by atoms with Gasteiger partial charge in [0.25, 0.3) is 0 Å². The normalized spacial score (nSPS) is 10.7. The van der Waals surface area contributed by atoms with Crippen molar-refractivity contribution in [2.45, 2.75) is 13.1 Å². The highest BCUT2D eigenvalue weighted by atomic mass is 35.5. The molecule has 2 rings (SSSR count). The van der Waals surface area contributed by atoms with Gasteiger partial charge in [0.05, 0.1) is 17.4 Å². The predicted molar refractivity (Wildman–Crippen MR) is 97.7 cm³/mol. The van der Waals surface area contributed by atoms with Crippen LogP contribution < -0.4 is 0 Å². The summed E-state index contributed by atoms with van der Waals surface area (Å²) in [4.78, 5) is 17.5. The molecule has 0 atom stereocenters. The van der Waals surface area contributed by atoms with Crippen molar-refractivity contribution in [3.8, 4) is 0 Å².